The van der Waals surface area contributed by atoms with Gasteiger partial charge in [-0.05, 0) is 61.4 Å². The quantitative estimate of drug-likeness (QED) is 0.131. The van der Waals surface area contributed by atoms with Crippen LogP contribution in [0, 0.1) is 0 Å². The molecule has 0 radical (unpaired) electrons. The van der Waals surface area contributed by atoms with E-state index in [1.54, 1.807) is 0 Å². The molecule has 0 fully saturated rings. The standard InChI is InChI=1S/C35H48O8/c1-9-25(3)38-21-31(36)23-40-27(5)19-42-33-15-11-29(12-16-33)35(7,8)30-13-17-34(18-14-30)43-20-28(6)41-24-32(37)22-39-26(4)10-2/h9-18,27-28,31-32,36-37H,1-4,19-24H2,5-8H3. The average molecular weight is 597 g/mol. The fraction of sp³-hybridized carbons (Fsp3) is 0.429. The lowest BCUT2D eigenvalue weighted by Crippen LogP contribution is -2.27. The van der Waals surface area contributed by atoms with Gasteiger partial charge in [-0.25, -0.2) is 0 Å². The van der Waals surface area contributed by atoms with E-state index in [0.29, 0.717) is 24.7 Å². The molecule has 43 heavy (non-hydrogen) atoms. The van der Waals surface area contributed by atoms with E-state index in [0.717, 1.165) is 22.6 Å². The molecular weight excluding hydrogens is 548 g/mol. The summed E-state index contributed by atoms with van der Waals surface area (Å²) in [5.41, 5.74) is 2.04. The molecule has 0 heterocycles. The van der Waals surface area contributed by atoms with Gasteiger partial charge >= 0.3 is 0 Å². The van der Waals surface area contributed by atoms with Gasteiger partial charge in [0.1, 0.15) is 61.7 Å². The van der Waals surface area contributed by atoms with Crippen molar-refractivity contribution >= 4 is 0 Å². The molecule has 0 amide bonds. The molecule has 0 spiro atoms. The van der Waals surface area contributed by atoms with Gasteiger partial charge < -0.3 is 38.6 Å². The summed E-state index contributed by atoms with van der Waals surface area (Å²) in [6.07, 6.45) is 1.02. The SMILES string of the molecule is C=CC(=C)OCC(O)COC(C)COc1ccc(C(C)(C)c2ccc(OCC(C)OCC(O)COC(=C)C=C)cc2)cc1. The molecule has 0 aliphatic carbocycles. The summed E-state index contributed by atoms with van der Waals surface area (Å²) in [6, 6.07) is 16.0. The van der Waals surface area contributed by atoms with Crippen LogP contribution < -0.4 is 9.47 Å². The lowest BCUT2D eigenvalue weighted by Gasteiger charge is -2.27. The minimum absolute atomic E-state index is 0.0938. The monoisotopic (exact) mass is 596 g/mol. The first kappa shape index (κ1) is 35.6. The number of rotatable bonds is 22. The summed E-state index contributed by atoms with van der Waals surface area (Å²) in [5, 5.41) is 19.9. The number of ether oxygens (including phenoxy) is 6. The van der Waals surface area contributed by atoms with E-state index in [1.165, 1.54) is 12.2 Å². The van der Waals surface area contributed by atoms with Crippen LogP contribution in [0.3, 0.4) is 0 Å². The zero-order valence-electron chi connectivity index (χ0n) is 26.0. The van der Waals surface area contributed by atoms with E-state index in [4.69, 9.17) is 28.4 Å². The van der Waals surface area contributed by atoms with Crippen molar-refractivity contribution in [2.24, 2.45) is 0 Å². The van der Waals surface area contributed by atoms with Gasteiger partial charge in [-0.1, -0.05) is 64.4 Å². The van der Waals surface area contributed by atoms with E-state index < -0.39 is 12.2 Å². The number of benzene rings is 2. The first-order chi connectivity index (χ1) is 20.4. The highest BCUT2D eigenvalue weighted by Gasteiger charge is 2.23. The summed E-state index contributed by atoms with van der Waals surface area (Å²) in [5.74, 6) is 2.30. The van der Waals surface area contributed by atoms with Crippen LogP contribution in [-0.4, -0.2) is 74.3 Å². The van der Waals surface area contributed by atoms with Crippen LogP contribution in [0.2, 0.25) is 0 Å². The summed E-state index contributed by atoms with van der Waals surface area (Å²) in [7, 11) is 0. The summed E-state index contributed by atoms with van der Waals surface area (Å²) in [4.78, 5) is 0. The lowest BCUT2D eigenvalue weighted by molar-refractivity contribution is -0.0391. The average Bonchev–Trinajstić information content (AvgIpc) is 3.02. The van der Waals surface area contributed by atoms with Crippen LogP contribution in [0.15, 0.2) is 98.5 Å². The highest BCUT2D eigenvalue weighted by atomic mass is 16.6. The first-order valence-electron chi connectivity index (χ1n) is 14.4. The van der Waals surface area contributed by atoms with Gasteiger partial charge in [0.25, 0.3) is 0 Å². The third-order valence-corrected chi connectivity index (χ3v) is 6.65. The zero-order chi connectivity index (χ0) is 31.8. The summed E-state index contributed by atoms with van der Waals surface area (Å²) < 4.78 is 33.6. The Morgan fingerprint density at radius 3 is 1.33 bits per heavy atom. The Hall–Kier alpha value is -3.56. The van der Waals surface area contributed by atoms with Crippen molar-refractivity contribution in [3.05, 3.63) is 110 Å². The molecule has 2 aromatic carbocycles. The summed E-state index contributed by atoms with van der Waals surface area (Å²) in [6.45, 7) is 23.7. The Morgan fingerprint density at radius 1 is 0.651 bits per heavy atom. The van der Waals surface area contributed by atoms with Crippen molar-refractivity contribution in [3.8, 4) is 11.5 Å². The molecule has 4 unspecified atom stereocenters. The second-order valence-electron chi connectivity index (χ2n) is 10.9. The maximum atomic E-state index is 9.97. The van der Waals surface area contributed by atoms with Crippen molar-refractivity contribution < 1.29 is 38.6 Å². The molecular formula is C35H48O8. The van der Waals surface area contributed by atoms with Crippen LogP contribution in [0.5, 0.6) is 11.5 Å². The predicted octanol–water partition coefficient (Wildman–Crippen LogP) is 5.73. The Labute approximate surface area is 256 Å². The van der Waals surface area contributed by atoms with Crippen molar-refractivity contribution in [1.82, 2.24) is 0 Å². The Balaban J connectivity index is 1.78. The predicted molar refractivity (Wildman–Crippen MR) is 169 cm³/mol. The van der Waals surface area contributed by atoms with Gasteiger partial charge in [-0.3, -0.25) is 0 Å². The molecule has 0 bridgehead atoms. The normalized spacial score (nSPS) is 14.1. The number of hydrogen-bond acceptors (Lipinski definition) is 8. The van der Waals surface area contributed by atoms with Crippen molar-refractivity contribution in [3.63, 3.8) is 0 Å². The lowest BCUT2D eigenvalue weighted by atomic mass is 9.78. The second kappa shape index (κ2) is 18.2. The molecule has 2 N–H and O–H groups in total. The highest BCUT2D eigenvalue weighted by molar-refractivity contribution is 5.41. The highest BCUT2D eigenvalue weighted by Crippen LogP contribution is 2.33. The Kier molecular flexibility index (Phi) is 15.1. The molecule has 8 nitrogen and oxygen atoms in total. The van der Waals surface area contributed by atoms with Crippen LogP contribution in [-0.2, 0) is 24.4 Å². The van der Waals surface area contributed by atoms with Crippen molar-refractivity contribution in [2.75, 3.05) is 39.6 Å². The van der Waals surface area contributed by atoms with Gasteiger partial charge in [-0.2, -0.15) is 0 Å². The smallest absolute Gasteiger partial charge is 0.119 e. The van der Waals surface area contributed by atoms with Crippen LogP contribution in [0.1, 0.15) is 38.8 Å². The van der Waals surface area contributed by atoms with E-state index in [2.05, 4.69) is 64.4 Å². The number of hydrogen-bond donors (Lipinski definition) is 2. The van der Waals surface area contributed by atoms with Gasteiger partial charge in [0.15, 0.2) is 0 Å². The first-order valence-corrected chi connectivity index (χ1v) is 14.4. The molecule has 0 aromatic heterocycles. The maximum absolute atomic E-state index is 9.97. The van der Waals surface area contributed by atoms with E-state index in [9.17, 15) is 10.2 Å². The third kappa shape index (κ3) is 13.1. The van der Waals surface area contributed by atoms with Crippen LogP contribution in [0.4, 0.5) is 0 Å². The van der Waals surface area contributed by atoms with E-state index in [1.807, 2.05) is 38.1 Å². The fourth-order valence-electron chi connectivity index (χ4n) is 3.80. The topological polar surface area (TPSA) is 95.8 Å². The third-order valence-electron chi connectivity index (χ3n) is 6.65. The second-order valence-corrected chi connectivity index (χ2v) is 10.9. The molecule has 0 saturated carbocycles. The molecule has 236 valence electrons. The van der Waals surface area contributed by atoms with Crippen LogP contribution in [0.25, 0.3) is 0 Å². The molecule has 4 atom stereocenters. The van der Waals surface area contributed by atoms with Gasteiger partial charge in [0, 0.05) is 5.41 Å². The minimum atomic E-state index is -0.765. The maximum Gasteiger partial charge on any atom is 0.119 e. The molecule has 2 aromatic rings. The number of aliphatic hydroxyl groups excluding tert-OH is 2. The van der Waals surface area contributed by atoms with Crippen LogP contribution >= 0.6 is 0 Å². The largest absolute Gasteiger partial charge is 0.491 e. The minimum Gasteiger partial charge on any atom is -0.491 e. The van der Waals surface area contributed by atoms with Gasteiger partial charge in [0.05, 0.1) is 25.4 Å². The van der Waals surface area contributed by atoms with Gasteiger partial charge in [0.2, 0.25) is 0 Å². The molecule has 0 aliphatic heterocycles. The summed E-state index contributed by atoms with van der Waals surface area (Å²) >= 11 is 0. The van der Waals surface area contributed by atoms with Gasteiger partial charge in [-0.15, -0.1) is 0 Å². The molecule has 2 rings (SSSR count). The Bertz CT molecular complexity index is 1050. The van der Waals surface area contributed by atoms with Crippen molar-refractivity contribution in [2.45, 2.75) is 57.5 Å². The molecule has 0 aliphatic rings. The van der Waals surface area contributed by atoms with E-state index in [-0.39, 0.29) is 44.1 Å². The number of allylic oxidation sites excluding steroid dienone is 2. The number of aliphatic hydroxyl groups is 2. The molecule has 0 saturated heterocycles. The molecule has 8 heteroatoms. The fourth-order valence-corrected chi connectivity index (χ4v) is 3.80. The zero-order valence-corrected chi connectivity index (χ0v) is 26.0. The van der Waals surface area contributed by atoms with E-state index >= 15 is 0 Å². The Morgan fingerprint density at radius 2 is 1.00 bits per heavy atom. The van der Waals surface area contributed by atoms with Crippen molar-refractivity contribution in [1.29, 1.82) is 0 Å².